The van der Waals surface area contributed by atoms with Crippen molar-refractivity contribution in [3.05, 3.63) is 50.9 Å². The molecular formula is C15H22Cl2HfNSi. The van der Waals surface area contributed by atoms with E-state index in [1.165, 1.54) is 23.2 Å². The normalized spacial score (nSPS) is 13.1. The number of allylic oxidation sites excluding steroid dienone is 4. The number of benzene rings is 1. The smallest absolute Gasteiger partial charge is 1.00 e. The van der Waals surface area contributed by atoms with Crippen molar-refractivity contribution in [1.29, 1.82) is 0 Å². The van der Waals surface area contributed by atoms with Gasteiger partial charge in [0.2, 0.25) is 0 Å². The molecule has 1 aromatic rings. The van der Waals surface area contributed by atoms with E-state index in [4.69, 9.17) is 0 Å². The molecule has 2 rings (SSSR count). The second kappa shape index (κ2) is 9.24. The van der Waals surface area contributed by atoms with Crippen LogP contribution in [0.15, 0.2) is 45.3 Å². The molecule has 1 aliphatic rings. The van der Waals surface area contributed by atoms with Crippen LogP contribution in [0.3, 0.4) is 0 Å². The average Bonchev–Trinajstić information content (AvgIpc) is 2.72. The van der Waals surface area contributed by atoms with E-state index in [9.17, 15) is 0 Å². The average molecular weight is 494 g/mol. The molecule has 0 unspecified atom stereocenters. The monoisotopic (exact) mass is 494 g/mol. The minimum Gasteiger partial charge on any atom is -1.00 e. The third kappa shape index (κ3) is 5.51. The van der Waals surface area contributed by atoms with E-state index in [1.54, 1.807) is 3.33 Å². The summed E-state index contributed by atoms with van der Waals surface area (Å²) < 4.78 is 5.73. The number of anilines is 1. The van der Waals surface area contributed by atoms with Gasteiger partial charge in [0.05, 0.1) is 0 Å². The second-order valence-electron chi connectivity index (χ2n) is 5.38. The Morgan fingerprint density at radius 3 is 2.35 bits per heavy atom. The predicted octanol–water partition coefficient (Wildman–Crippen LogP) is -1.83. The molecular weight excluding hydrogens is 472 g/mol. The maximum absolute atomic E-state index is 3.95. The largest absolute Gasteiger partial charge is 1.00 e. The Labute approximate surface area is 144 Å². The van der Waals surface area contributed by atoms with Gasteiger partial charge in [-0.25, -0.2) is 0 Å². The maximum atomic E-state index is 3.95. The van der Waals surface area contributed by atoms with Gasteiger partial charge in [-0.3, -0.25) is 0 Å². The van der Waals surface area contributed by atoms with Crippen molar-refractivity contribution >= 4 is 11.7 Å². The Bertz CT molecular complexity index is 500. The van der Waals surface area contributed by atoms with Crippen molar-refractivity contribution < 1.29 is 45.7 Å². The quantitative estimate of drug-likeness (QED) is 0.487. The van der Waals surface area contributed by atoms with Crippen molar-refractivity contribution in [2.24, 2.45) is 0 Å². The standard InChI is InChI=1S/C7H8N.C6H7.C2H7Si.2ClH.Hf/c1-6-3-2-4-7(8)5-6;1-6-4-2-3-5-6;1-3-2;;;/h2-5,8H,1H3;4-5H,2H2,1H3;3H,1-2H3;2*1H;/q-1;;;;;+3/p-2. The van der Waals surface area contributed by atoms with Gasteiger partial charge in [0.15, 0.2) is 0 Å². The molecule has 0 saturated heterocycles. The Balaban J connectivity index is 0.00000180. The summed E-state index contributed by atoms with van der Waals surface area (Å²) in [4.78, 5) is 0. The molecule has 1 aliphatic carbocycles. The van der Waals surface area contributed by atoms with E-state index in [1.807, 2.05) is 0 Å². The summed E-state index contributed by atoms with van der Waals surface area (Å²) in [5.41, 5.74) is 4.17. The van der Waals surface area contributed by atoms with Crippen LogP contribution >= 0.6 is 0 Å². The fraction of sp³-hybridized carbons (Fsp3) is 0.333. The molecule has 0 heterocycles. The van der Waals surface area contributed by atoms with Gasteiger partial charge in [0, 0.05) is 0 Å². The molecule has 0 spiro atoms. The van der Waals surface area contributed by atoms with Crippen LogP contribution in [-0.2, 0) is 20.9 Å². The first-order valence-electron chi connectivity index (χ1n) is 6.64. The summed E-state index contributed by atoms with van der Waals surface area (Å²) in [6.45, 7) is 9.42. The Kier molecular flexibility index (Phi) is 9.32. The molecule has 20 heavy (non-hydrogen) atoms. The Hall–Kier alpha value is 0.167. The zero-order valence-corrected chi connectivity index (χ0v) is 18.8. The van der Waals surface area contributed by atoms with Crippen LogP contribution in [-0.4, -0.2) is 5.98 Å². The summed E-state index contributed by atoms with van der Waals surface area (Å²) in [5.74, 6) is -0.551. The molecule has 1 N–H and O–H groups in total. The van der Waals surface area contributed by atoms with E-state index >= 15 is 0 Å². The van der Waals surface area contributed by atoms with Gasteiger partial charge in [0.25, 0.3) is 0 Å². The van der Waals surface area contributed by atoms with Crippen LogP contribution in [0, 0.1) is 6.92 Å². The summed E-state index contributed by atoms with van der Waals surface area (Å²) in [5, 5.41) is 0. The van der Waals surface area contributed by atoms with Crippen molar-refractivity contribution in [3.63, 3.8) is 0 Å². The topological polar surface area (TPSA) is 12.0 Å². The Morgan fingerprint density at radius 2 is 1.85 bits per heavy atom. The fourth-order valence-corrected chi connectivity index (χ4v) is 22.3. The first kappa shape index (κ1) is 20.2. The minimum atomic E-state index is -1.76. The van der Waals surface area contributed by atoms with E-state index in [0.717, 1.165) is 0 Å². The van der Waals surface area contributed by atoms with Gasteiger partial charge in [-0.05, 0) is 0 Å². The van der Waals surface area contributed by atoms with Crippen LogP contribution in [0.4, 0.5) is 5.69 Å². The maximum Gasteiger partial charge on any atom is -1.00 e. The zero-order valence-electron chi connectivity index (χ0n) is 12.5. The van der Waals surface area contributed by atoms with Crippen molar-refractivity contribution in [2.45, 2.75) is 33.4 Å². The molecule has 0 radical (unpaired) electrons. The molecule has 0 saturated carbocycles. The molecule has 1 nitrogen and oxygen atoms in total. The number of rotatable bonds is 4. The molecule has 0 bridgehead atoms. The number of hydrogen-bond donors (Lipinski definition) is 1. The van der Waals surface area contributed by atoms with E-state index in [2.05, 4.69) is 66.7 Å². The fourth-order valence-electron chi connectivity index (χ4n) is 2.33. The van der Waals surface area contributed by atoms with Crippen molar-refractivity contribution in [1.82, 2.24) is 0 Å². The van der Waals surface area contributed by atoms with Crippen LogP contribution in [0.5, 0.6) is 0 Å². The molecule has 0 atom stereocenters. The van der Waals surface area contributed by atoms with Gasteiger partial charge in [-0.1, -0.05) is 0 Å². The third-order valence-corrected chi connectivity index (χ3v) is 26.8. The van der Waals surface area contributed by atoms with E-state index in [0.29, 0.717) is 0 Å². The molecule has 109 valence electrons. The molecule has 0 amide bonds. The molecule has 5 heteroatoms. The minimum absolute atomic E-state index is 0. The van der Waals surface area contributed by atoms with Gasteiger partial charge >= 0.3 is 120 Å². The van der Waals surface area contributed by atoms with Crippen LogP contribution < -0.4 is 28.1 Å². The third-order valence-electron chi connectivity index (χ3n) is 3.27. The second-order valence-corrected chi connectivity index (χ2v) is 31.0. The van der Waals surface area contributed by atoms with Gasteiger partial charge in [-0.15, -0.1) is 0 Å². The number of hydrogen-bond acceptors (Lipinski definition) is 1. The van der Waals surface area contributed by atoms with Gasteiger partial charge in [-0.2, -0.15) is 0 Å². The number of nitrogens with one attached hydrogen (secondary N) is 1. The summed E-state index contributed by atoms with van der Waals surface area (Å²) >= 11 is -1.76. The SMILES string of the molecule is CC1=CC[C]([Hf+2]([NH]c2cccc(C)c2)[SiH](C)C)=C1.[Cl-].[Cl-]. The van der Waals surface area contributed by atoms with Gasteiger partial charge < -0.3 is 24.8 Å². The predicted molar refractivity (Wildman–Crippen MR) is 80.1 cm³/mol. The summed E-state index contributed by atoms with van der Waals surface area (Å²) in [7, 11) is 0. The molecule has 0 aromatic heterocycles. The molecule has 0 aliphatic heterocycles. The van der Waals surface area contributed by atoms with Crippen LogP contribution in [0.25, 0.3) is 0 Å². The first-order valence-corrected chi connectivity index (χ1v) is 19.3. The van der Waals surface area contributed by atoms with E-state index < -0.39 is 26.9 Å². The number of halogens is 2. The first-order chi connectivity index (χ1) is 8.56. The van der Waals surface area contributed by atoms with E-state index in [-0.39, 0.29) is 24.8 Å². The van der Waals surface area contributed by atoms with Crippen molar-refractivity contribution in [2.75, 3.05) is 3.30 Å². The van der Waals surface area contributed by atoms with Crippen LogP contribution in [0.1, 0.15) is 18.9 Å². The summed E-state index contributed by atoms with van der Waals surface area (Å²) in [6.07, 6.45) is 6.06. The summed E-state index contributed by atoms with van der Waals surface area (Å²) in [6, 6.07) is 8.85. The zero-order chi connectivity index (χ0) is 13.1. The molecule has 0 fully saturated rings. The molecule has 1 aromatic carbocycles. The van der Waals surface area contributed by atoms with Gasteiger partial charge in [0.1, 0.15) is 0 Å². The van der Waals surface area contributed by atoms with Crippen molar-refractivity contribution in [3.8, 4) is 0 Å². The Morgan fingerprint density at radius 1 is 1.15 bits per heavy atom. The number of aryl methyl sites for hydroxylation is 1. The van der Waals surface area contributed by atoms with Crippen LogP contribution in [0.2, 0.25) is 13.1 Å².